The quantitative estimate of drug-likeness (QED) is 0.803. The molecule has 3 N–H and O–H groups in total. The van der Waals surface area contributed by atoms with Crippen molar-refractivity contribution in [2.45, 2.75) is 42.4 Å². The van der Waals surface area contributed by atoms with Gasteiger partial charge < -0.3 is 20.3 Å². The van der Waals surface area contributed by atoms with Crippen LogP contribution in [0.3, 0.4) is 0 Å². The summed E-state index contributed by atoms with van der Waals surface area (Å²) in [6, 6.07) is 3.83. The Morgan fingerprint density at radius 2 is 2.26 bits per heavy atom. The van der Waals surface area contributed by atoms with E-state index in [9.17, 15) is 9.90 Å². The van der Waals surface area contributed by atoms with Gasteiger partial charge in [0.1, 0.15) is 5.60 Å². The molecule has 3 aliphatic carbocycles. The van der Waals surface area contributed by atoms with Gasteiger partial charge >= 0.3 is 0 Å². The van der Waals surface area contributed by atoms with Crippen molar-refractivity contribution in [2.75, 3.05) is 7.11 Å². The van der Waals surface area contributed by atoms with Crippen molar-refractivity contribution in [3.8, 4) is 11.5 Å². The standard InChI is InChI=1S/C18H19NO4/c1-22-13-3-2-9-8-10-11(19)4-6-17-14(9)15(13)23-16(17)12(20)5-7-18(10,17)21/h2-3,5,7,10-11,16,21H,4,6,8,19H2,1H3/t10-,11?,16?,17-,18+/m0/s1. The van der Waals surface area contributed by atoms with Crippen LogP contribution in [0.4, 0.5) is 0 Å². The Bertz CT molecular complexity index is 773. The van der Waals surface area contributed by atoms with Gasteiger partial charge in [-0.1, -0.05) is 6.07 Å². The molecular weight excluding hydrogens is 294 g/mol. The SMILES string of the molecule is COc1ccc2c3c1OC1C(=O)C=C[C@@]4(O)[C@@H](C2)C(N)CC[C@]314. The number of rotatable bonds is 1. The van der Waals surface area contributed by atoms with Gasteiger partial charge in [0.25, 0.3) is 0 Å². The molecule has 120 valence electrons. The summed E-state index contributed by atoms with van der Waals surface area (Å²) in [7, 11) is 1.59. The van der Waals surface area contributed by atoms with Gasteiger partial charge in [-0.15, -0.1) is 0 Å². The minimum Gasteiger partial charge on any atom is -0.493 e. The highest BCUT2D eigenvalue weighted by Crippen LogP contribution is 2.65. The van der Waals surface area contributed by atoms with Gasteiger partial charge in [0.05, 0.1) is 12.5 Å². The molecule has 0 amide bonds. The number of hydrogen-bond acceptors (Lipinski definition) is 5. The Morgan fingerprint density at radius 3 is 3.04 bits per heavy atom. The average molecular weight is 313 g/mol. The number of hydrogen-bond donors (Lipinski definition) is 2. The minimum atomic E-state index is -1.13. The molecule has 1 heterocycles. The summed E-state index contributed by atoms with van der Waals surface area (Å²) in [5.74, 6) is 1.06. The largest absolute Gasteiger partial charge is 0.493 e. The molecule has 2 bridgehead atoms. The molecule has 1 fully saturated rings. The highest BCUT2D eigenvalue weighted by Gasteiger charge is 2.71. The summed E-state index contributed by atoms with van der Waals surface area (Å²) in [6.07, 6.45) is 4.59. The molecule has 23 heavy (non-hydrogen) atoms. The predicted molar refractivity (Wildman–Crippen MR) is 82.6 cm³/mol. The molecule has 5 heteroatoms. The fourth-order valence-electron chi connectivity index (χ4n) is 5.42. The van der Waals surface area contributed by atoms with Crippen molar-refractivity contribution in [1.82, 2.24) is 0 Å². The number of nitrogens with two attached hydrogens (primary N) is 1. The number of benzene rings is 1. The van der Waals surface area contributed by atoms with E-state index in [0.717, 1.165) is 17.5 Å². The summed E-state index contributed by atoms with van der Waals surface area (Å²) in [4.78, 5) is 12.5. The van der Waals surface area contributed by atoms with E-state index in [0.29, 0.717) is 24.3 Å². The average Bonchev–Trinajstić information content (AvgIpc) is 2.90. The zero-order valence-electron chi connectivity index (χ0n) is 12.9. The van der Waals surface area contributed by atoms with E-state index in [1.807, 2.05) is 12.1 Å². The molecule has 1 saturated carbocycles. The van der Waals surface area contributed by atoms with Crippen LogP contribution < -0.4 is 15.2 Å². The molecular formula is C18H19NO4. The molecule has 5 rings (SSSR count). The second-order valence-corrected chi connectivity index (χ2v) is 7.17. The number of methoxy groups -OCH3 is 1. The first-order valence-corrected chi connectivity index (χ1v) is 8.11. The van der Waals surface area contributed by atoms with Gasteiger partial charge in [-0.05, 0) is 43.0 Å². The molecule has 0 aromatic heterocycles. The van der Waals surface area contributed by atoms with E-state index < -0.39 is 17.1 Å². The Kier molecular flexibility index (Phi) is 2.34. The number of ketones is 1. The Balaban J connectivity index is 1.89. The minimum absolute atomic E-state index is 0.0802. The molecule has 1 aromatic carbocycles. The van der Waals surface area contributed by atoms with Gasteiger partial charge in [0.15, 0.2) is 23.4 Å². The first-order chi connectivity index (χ1) is 11.0. The molecule has 1 spiro atoms. The number of aliphatic hydroxyl groups is 1. The molecule has 4 aliphatic rings. The molecule has 0 saturated heterocycles. The number of ether oxygens (including phenoxy) is 2. The lowest BCUT2D eigenvalue weighted by molar-refractivity contribution is -0.147. The Labute approximate surface area is 134 Å². The van der Waals surface area contributed by atoms with Crippen molar-refractivity contribution in [3.63, 3.8) is 0 Å². The third kappa shape index (κ3) is 1.28. The van der Waals surface area contributed by atoms with E-state index in [-0.39, 0.29) is 17.7 Å². The van der Waals surface area contributed by atoms with Crippen LogP contribution in [0.15, 0.2) is 24.3 Å². The van der Waals surface area contributed by atoms with Crippen molar-refractivity contribution in [1.29, 1.82) is 0 Å². The van der Waals surface area contributed by atoms with Crippen molar-refractivity contribution >= 4 is 5.78 Å². The third-order valence-electron chi connectivity index (χ3n) is 6.43. The van der Waals surface area contributed by atoms with Gasteiger partial charge in [0, 0.05) is 17.5 Å². The lowest BCUT2D eigenvalue weighted by atomic mass is 9.46. The smallest absolute Gasteiger partial charge is 0.196 e. The van der Waals surface area contributed by atoms with Crippen molar-refractivity contribution in [2.24, 2.45) is 11.7 Å². The molecule has 5 atom stereocenters. The predicted octanol–water partition coefficient (Wildman–Crippen LogP) is 0.857. The lowest BCUT2D eigenvalue weighted by Crippen LogP contribution is -2.71. The topological polar surface area (TPSA) is 81.8 Å². The maximum atomic E-state index is 12.5. The molecule has 1 aliphatic heterocycles. The maximum Gasteiger partial charge on any atom is 0.196 e. The fourth-order valence-corrected chi connectivity index (χ4v) is 5.42. The molecule has 1 aromatic rings. The second kappa shape index (κ2) is 3.97. The van der Waals surface area contributed by atoms with Crippen LogP contribution in [0.2, 0.25) is 0 Å². The van der Waals surface area contributed by atoms with Gasteiger partial charge in [-0.2, -0.15) is 0 Å². The van der Waals surface area contributed by atoms with Gasteiger partial charge in [0.2, 0.25) is 0 Å². The van der Waals surface area contributed by atoms with E-state index in [1.54, 1.807) is 13.2 Å². The number of carbonyl (C=O) groups is 1. The van der Waals surface area contributed by atoms with Crippen LogP contribution in [-0.4, -0.2) is 35.7 Å². The van der Waals surface area contributed by atoms with Crippen LogP contribution in [0.25, 0.3) is 0 Å². The highest BCUT2D eigenvalue weighted by atomic mass is 16.5. The lowest BCUT2D eigenvalue weighted by Gasteiger charge is -2.59. The first kappa shape index (κ1) is 13.6. The summed E-state index contributed by atoms with van der Waals surface area (Å²) >= 11 is 0. The summed E-state index contributed by atoms with van der Waals surface area (Å²) < 4.78 is 11.5. The molecule has 2 unspecified atom stereocenters. The monoisotopic (exact) mass is 313 g/mol. The van der Waals surface area contributed by atoms with Crippen LogP contribution in [-0.2, 0) is 16.6 Å². The van der Waals surface area contributed by atoms with Crippen LogP contribution in [0, 0.1) is 5.92 Å². The van der Waals surface area contributed by atoms with E-state index in [2.05, 4.69) is 0 Å². The summed E-state index contributed by atoms with van der Waals surface area (Å²) in [6.45, 7) is 0. The van der Waals surface area contributed by atoms with Gasteiger partial charge in [-0.25, -0.2) is 0 Å². The fraction of sp³-hybridized carbons (Fsp3) is 0.500. The van der Waals surface area contributed by atoms with E-state index in [4.69, 9.17) is 15.2 Å². The Morgan fingerprint density at radius 1 is 1.43 bits per heavy atom. The van der Waals surface area contributed by atoms with E-state index >= 15 is 0 Å². The van der Waals surface area contributed by atoms with Gasteiger partial charge in [-0.3, -0.25) is 4.79 Å². The highest BCUT2D eigenvalue weighted by molar-refractivity contribution is 5.98. The number of carbonyl (C=O) groups excluding carboxylic acids is 1. The zero-order valence-corrected chi connectivity index (χ0v) is 12.9. The third-order valence-corrected chi connectivity index (χ3v) is 6.43. The summed E-state index contributed by atoms with van der Waals surface area (Å²) in [5.41, 5.74) is 6.57. The van der Waals surface area contributed by atoms with Crippen molar-refractivity contribution in [3.05, 3.63) is 35.4 Å². The molecule has 0 radical (unpaired) electrons. The van der Waals surface area contributed by atoms with Crippen molar-refractivity contribution < 1.29 is 19.4 Å². The normalized spacial score (nSPS) is 42.2. The molecule has 5 nitrogen and oxygen atoms in total. The zero-order chi connectivity index (χ0) is 16.0. The van der Waals surface area contributed by atoms with Crippen LogP contribution >= 0.6 is 0 Å². The maximum absolute atomic E-state index is 12.5. The van der Waals surface area contributed by atoms with Crippen LogP contribution in [0.1, 0.15) is 24.0 Å². The van der Waals surface area contributed by atoms with E-state index in [1.165, 1.54) is 6.08 Å². The van der Waals surface area contributed by atoms with Crippen LogP contribution in [0.5, 0.6) is 11.5 Å². The second-order valence-electron chi connectivity index (χ2n) is 7.17. The first-order valence-electron chi connectivity index (χ1n) is 8.11. The summed E-state index contributed by atoms with van der Waals surface area (Å²) in [5, 5.41) is 11.6. The Hall–Kier alpha value is -1.85.